The summed E-state index contributed by atoms with van der Waals surface area (Å²) >= 11 is 0. The van der Waals surface area contributed by atoms with E-state index >= 15 is 0 Å². The van der Waals surface area contributed by atoms with Gasteiger partial charge in [0.05, 0.1) is 0 Å². The summed E-state index contributed by atoms with van der Waals surface area (Å²) in [5.74, 6) is 2.18. The highest BCUT2D eigenvalue weighted by molar-refractivity contribution is 6.39. The maximum absolute atomic E-state index is 6.23. The van der Waals surface area contributed by atoms with Crippen LogP contribution in [0.2, 0.25) is 0 Å². The molecule has 0 aliphatic rings. The van der Waals surface area contributed by atoms with Gasteiger partial charge in [-0.15, -0.1) is 0 Å². The molecule has 1 N–H and O–H groups in total. The second-order valence-corrected chi connectivity index (χ2v) is 7.38. The summed E-state index contributed by atoms with van der Waals surface area (Å²) in [6, 6.07) is 21.7. The van der Waals surface area contributed by atoms with Crippen LogP contribution in [0, 0.1) is 20.8 Å². The summed E-state index contributed by atoms with van der Waals surface area (Å²) in [7, 11) is -0.920. The molecule has 0 aromatic heterocycles. The number of rotatable bonds is 10. The van der Waals surface area contributed by atoms with Gasteiger partial charge >= 0.3 is 7.32 Å². The van der Waals surface area contributed by atoms with Crippen molar-refractivity contribution in [1.29, 1.82) is 0 Å². The fraction of sp³-hybridized carbons (Fsp3) is 0.280. The highest BCUT2D eigenvalue weighted by atomic mass is 16.7. The van der Waals surface area contributed by atoms with Crippen LogP contribution in [0.4, 0.5) is 5.69 Å². The molecule has 0 aliphatic carbocycles. The van der Waals surface area contributed by atoms with E-state index in [-0.39, 0.29) is 0 Å². The maximum atomic E-state index is 6.23. The first-order valence-electron chi connectivity index (χ1n) is 10.5. The zero-order valence-electron chi connectivity index (χ0n) is 18.3. The average Bonchev–Trinajstić information content (AvgIpc) is 2.74. The van der Waals surface area contributed by atoms with Gasteiger partial charge in [0.1, 0.15) is 17.2 Å². The molecule has 0 spiro atoms. The quantitative estimate of drug-likeness (QED) is 0.317. The van der Waals surface area contributed by atoms with E-state index < -0.39 is 7.32 Å². The number of para-hydroxylation sites is 2. The first-order chi connectivity index (χ1) is 14.6. The third-order valence-corrected chi connectivity index (χ3v) is 4.99. The first kappa shape index (κ1) is 21.6. The SMILES string of the molecule is CCCCNc1cccc(OB(Oc2ccccc2C)Oc2ccccc2C)c1C. The lowest BCUT2D eigenvalue weighted by molar-refractivity contribution is 0.305. The average molecular weight is 403 g/mol. The Bertz CT molecular complexity index is 913. The topological polar surface area (TPSA) is 39.7 Å². The lowest BCUT2D eigenvalue weighted by atomic mass is 10.1. The first-order valence-corrected chi connectivity index (χ1v) is 10.5. The molecule has 3 aromatic rings. The zero-order valence-corrected chi connectivity index (χ0v) is 18.3. The molecule has 156 valence electrons. The fourth-order valence-electron chi connectivity index (χ4n) is 3.09. The normalized spacial score (nSPS) is 10.4. The van der Waals surface area contributed by atoms with E-state index in [1.165, 1.54) is 0 Å². The molecule has 3 rings (SSSR count). The Balaban J connectivity index is 1.84. The molecule has 0 saturated heterocycles. The van der Waals surface area contributed by atoms with Crippen molar-refractivity contribution in [3.63, 3.8) is 0 Å². The van der Waals surface area contributed by atoms with Crippen molar-refractivity contribution in [2.75, 3.05) is 11.9 Å². The lowest BCUT2D eigenvalue weighted by Gasteiger charge is -2.20. The summed E-state index contributed by atoms with van der Waals surface area (Å²) in [6.07, 6.45) is 2.28. The zero-order chi connectivity index (χ0) is 21.3. The number of anilines is 1. The Morgan fingerprint density at radius 3 is 1.80 bits per heavy atom. The third kappa shape index (κ3) is 5.72. The molecule has 0 aliphatic heterocycles. The number of hydrogen-bond donors (Lipinski definition) is 1. The molecule has 0 atom stereocenters. The molecule has 0 saturated carbocycles. The lowest BCUT2D eigenvalue weighted by Crippen LogP contribution is -2.37. The van der Waals surface area contributed by atoms with Crippen LogP contribution in [0.1, 0.15) is 36.5 Å². The van der Waals surface area contributed by atoms with Gasteiger partial charge in [0.2, 0.25) is 0 Å². The molecule has 30 heavy (non-hydrogen) atoms. The Morgan fingerprint density at radius 1 is 0.700 bits per heavy atom. The Morgan fingerprint density at radius 2 is 1.23 bits per heavy atom. The van der Waals surface area contributed by atoms with Crippen molar-refractivity contribution in [2.45, 2.75) is 40.5 Å². The van der Waals surface area contributed by atoms with E-state index in [1.54, 1.807) is 0 Å². The molecular formula is C25H30BNO3. The number of benzene rings is 3. The predicted octanol–water partition coefficient (Wildman–Crippen LogP) is 6.35. The van der Waals surface area contributed by atoms with Crippen molar-refractivity contribution < 1.29 is 14.0 Å². The molecule has 3 aromatic carbocycles. The van der Waals surface area contributed by atoms with Crippen LogP contribution in [-0.2, 0) is 0 Å². The minimum absolute atomic E-state index is 0.726. The second-order valence-electron chi connectivity index (χ2n) is 7.38. The highest BCUT2D eigenvalue weighted by Crippen LogP contribution is 2.28. The van der Waals surface area contributed by atoms with E-state index in [1.807, 2.05) is 81.4 Å². The van der Waals surface area contributed by atoms with E-state index in [0.29, 0.717) is 0 Å². The van der Waals surface area contributed by atoms with Crippen molar-refractivity contribution >= 4 is 13.0 Å². The highest BCUT2D eigenvalue weighted by Gasteiger charge is 2.32. The van der Waals surface area contributed by atoms with Gasteiger partial charge in [0, 0.05) is 17.8 Å². The van der Waals surface area contributed by atoms with Crippen LogP contribution in [0.15, 0.2) is 66.7 Å². The Hall–Kier alpha value is -3.08. The van der Waals surface area contributed by atoms with Gasteiger partial charge in [-0.1, -0.05) is 55.8 Å². The molecule has 4 nitrogen and oxygen atoms in total. The van der Waals surface area contributed by atoms with Gasteiger partial charge in [-0.25, -0.2) is 0 Å². The fourth-order valence-corrected chi connectivity index (χ4v) is 3.09. The van der Waals surface area contributed by atoms with Crippen molar-refractivity contribution in [3.8, 4) is 17.2 Å². The van der Waals surface area contributed by atoms with Gasteiger partial charge in [0.15, 0.2) is 0 Å². The summed E-state index contributed by atoms with van der Waals surface area (Å²) < 4.78 is 18.5. The number of aryl methyl sites for hydroxylation is 2. The van der Waals surface area contributed by atoms with Crippen LogP contribution in [-0.4, -0.2) is 13.9 Å². The van der Waals surface area contributed by atoms with E-state index in [0.717, 1.165) is 59.0 Å². The number of nitrogens with one attached hydrogen (secondary N) is 1. The minimum atomic E-state index is -0.920. The minimum Gasteiger partial charge on any atom is -0.489 e. The summed E-state index contributed by atoms with van der Waals surface area (Å²) in [4.78, 5) is 0. The molecule has 0 fully saturated rings. The molecular weight excluding hydrogens is 373 g/mol. The monoisotopic (exact) mass is 403 g/mol. The van der Waals surface area contributed by atoms with Crippen LogP contribution < -0.4 is 19.3 Å². The predicted molar refractivity (Wildman–Crippen MR) is 125 cm³/mol. The molecule has 0 bridgehead atoms. The second kappa shape index (κ2) is 10.6. The Labute approximate surface area is 180 Å². The largest absolute Gasteiger partial charge is 0.864 e. The molecule has 0 unspecified atom stereocenters. The van der Waals surface area contributed by atoms with Gasteiger partial charge < -0.3 is 19.3 Å². The molecule has 0 heterocycles. The van der Waals surface area contributed by atoms with E-state index in [2.05, 4.69) is 18.3 Å². The number of unbranched alkanes of at least 4 members (excludes halogenated alkanes) is 1. The maximum Gasteiger partial charge on any atom is 0.864 e. The summed E-state index contributed by atoms with van der Waals surface area (Å²) in [5.41, 5.74) is 4.13. The smallest absolute Gasteiger partial charge is 0.489 e. The van der Waals surface area contributed by atoms with Crippen molar-refractivity contribution in [3.05, 3.63) is 83.4 Å². The Kier molecular flexibility index (Phi) is 7.66. The van der Waals surface area contributed by atoms with Crippen LogP contribution in [0.5, 0.6) is 17.2 Å². The van der Waals surface area contributed by atoms with Gasteiger partial charge in [-0.05, 0) is 62.6 Å². The van der Waals surface area contributed by atoms with Crippen molar-refractivity contribution in [1.82, 2.24) is 0 Å². The van der Waals surface area contributed by atoms with Gasteiger partial charge in [-0.3, -0.25) is 0 Å². The number of hydrogen-bond acceptors (Lipinski definition) is 4. The summed E-state index contributed by atoms with van der Waals surface area (Å²) in [5, 5.41) is 3.48. The molecule has 5 heteroatoms. The van der Waals surface area contributed by atoms with Crippen molar-refractivity contribution in [2.24, 2.45) is 0 Å². The van der Waals surface area contributed by atoms with Crippen LogP contribution in [0.3, 0.4) is 0 Å². The third-order valence-electron chi connectivity index (χ3n) is 4.99. The molecule has 0 amide bonds. The van der Waals surface area contributed by atoms with E-state index in [4.69, 9.17) is 14.0 Å². The van der Waals surface area contributed by atoms with Crippen LogP contribution >= 0.6 is 0 Å². The van der Waals surface area contributed by atoms with Gasteiger partial charge in [-0.2, -0.15) is 0 Å². The van der Waals surface area contributed by atoms with E-state index in [9.17, 15) is 0 Å². The van der Waals surface area contributed by atoms with Gasteiger partial charge in [0.25, 0.3) is 0 Å². The van der Waals surface area contributed by atoms with Crippen LogP contribution in [0.25, 0.3) is 0 Å². The molecule has 0 radical (unpaired) electrons. The standard InChI is InChI=1S/C25H30BNO3/c1-5-6-18-27-22-14-11-17-25(21(22)4)30-26(28-23-15-9-7-12-19(23)2)29-24-16-10-8-13-20(24)3/h7-17,27H,5-6,18H2,1-4H3. The summed E-state index contributed by atoms with van der Waals surface area (Å²) in [6.45, 7) is 9.17.